The standard InChI is InChI=1S/C19H19F11O/c1-10(2)8-11-6-4-5-7-12(11)13(3,31)9-14(20)15(21,22)17(25,26)19(29,30)18(27,28)16(14,23)24/h4-7,10,31H,8-9H2,1-3H3. The molecule has 0 radical (unpaired) electrons. The molecule has 12 heteroatoms. The summed E-state index contributed by atoms with van der Waals surface area (Å²) in [7, 11) is 0. The van der Waals surface area contributed by atoms with E-state index in [1.807, 2.05) is 0 Å². The first-order valence-corrected chi connectivity index (χ1v) is 9.00. The first-order valence-electron chi connectivity index (χ1n) is 9.00. The minimum absolute atomic E-state index is 0.0861. The maximum atomic E-state index is 15.1. The number of hydrogen-bond donors (Lipinski definition) is 1. The molecule has 1 unspecified atom stereocenters. The molecule has 0 heterocycles. The zero-order valence-corrected chi connectivity index (χ0v) is 16.4. The lowest BCUT2D eigenvalue weighted by Crippen LogP contribution is -2.84. The van der Waals surface area contributed by atoms with Gasteiger partial charge in [-0.25, -0.2) is 4.39 Å². The molecule has 178 valence electrons. The highest BCUT2D eigenvalue weighted by Crippen LogP contribution is 2.71. The Bertz CT molecular complexity index is 800. The van der Waals surface area contributed by atoms with Gasteiger partial charge in [0.15, 0.2) is 0 Å². The molecule has 1 N–H and O–H groups in total. The average Bonchev–Trinajstić information content (AvgIpc) is 2.59. The van der Waals surface area contributed by atoms with Gasteiger partial charge in [-0.3, -0.25) is 0 Å². The quantitative estimate of drug-likeness (QED) is 0.493. The zero-order chi connectivity index (χ0) is 24.5. The van der Waals surface area contributed by atoms with Gasteiger partial charge in [-0.15, -0.1) is 0 Å². The van der Waals surface area contributed by atoms with Gasteiger partial charge in [-0.1, -0.05) is 38.1 Å². The van der Waals surface area contributed by atoms with Crippen molar-refractivity contribution in [1.29, 1.82) is 0 Å². The molecule has 0 saturated heterocycles. The van der Waals surface area contributed by atoms with Gasteiger partial charge < -0.3 is 5.11 Å². The van der Waals surface area contributed by atoms with Crippen LogP contribution in [0.3, 0.4) is 0 Å². The molecule has 0 aliphatic heterocycles. The van der Waals surface area contributed by atoms with E-state index in [-0.39, 0.29) is 17.9 Å². The molecule has 1 aromatic rings. The first-order chi connectivity index (χ1) is 13.6. The fourth-order valence-electron chi connectivity index (χ4n) is 3.74. The number of hydrogen-bond acceptors (Lipinski definition) is 1. The van der Waals surface area contributed by atoms with Crippen molar-refractivity contribution in [2.75, 3.05) is 0 Å². The Morgan fingerprint density at radius 2 is 1.13 bits per heavy atom. The summed E-state index contributed by atoms with van der Waals surface area (Å²) in [4.78, 5) is 0. The zero-order valence-electron chi connectivity index (χ0n) is 16.4. The van der Waals surface area contributed by atoms with E-state index in [1.165, 1.54) is 18.2 Å². The van der Waals surface area contributed by atoms with Crippen LogP contribution < -0.4 is 0 Å². The van der Waals surface area contributed by atoms with Crippen LogP contribution in [0.2, 0.25) is 0 Å². The molecule has 2 rings (SSSR count). The topological polar surface area (TPSA) is 20.2 Å². The van der Waals surface area contributed by atoms with E-state index in [9.17, 15) is 49.0 Å². The summed E-state index contributed by atoms with van der Waals surface area (Å²) in [5.74, 6) is -35.7. The second kappa shape index (κ2) is 6.95. The molecule has 1 aromatic carbocycles. The van der Waals surface area contributed by atoms with E-state index in [4.69, 9.17) is 0 Å². The second-order valence-electron chi connectivity index (χ2n) is 8.38. The van der Waals surface area contributed by atoms with Gasteiger partial charge in [0.05, 0.1) is 5.60 Å². The Hall–Kier alpha value is -1.59. The van der Waals surface area contributed by atoms with Crippen LogP contribution in [0.1, 0.15) is 38.3 Å². The predicted molar refractivity (Wildman–Crippen MR) is 87.7 cm³/mol. The van der Waals surface area contributed by atoms with Gasteiger partial charge in [0.1, 0.15) is 0 Å². The largest absolute Gasteiger partial charge is 0.385 e. The third kappa shape index (κ3) is 3.14. The average molecular weight is 472 g/mol. The maximum absolute atomic E-state index is 15.1. The molecule has 1 fully saturated rings. The van der Waals surface area contributed by atoms with Crippen LogP contribution >= 0.6 is 0 Å². The summed E-state index contributed by atoms with van der Waals surface area (Å²) in [5.41, 5.74) is -9.73. The number of halogens is 11. The molecule has 1 aliphatic carbocycles. The van der Waals surface area contributed by atoms with E-state index < -0.39 is 52.9 Å². The molecule has 0 spiro atoms. The van der Waals surface area contributed by atoms with Crippen LogP contribution in [0.5, 0.6) is 0 Å². The fraction of sp³-hybridized carbons (Fsp3) is 0.684. The third-order valence-electron chi connectivity index (χ3n) is 5.39. The summed E-state index contributed by atoms with van der Waals surface area (Å²) < 4.78 is 153. The Morgan fingerprint density at radius 3 is 1.55 bits per heavy atom. The molecule has 1 aliphatic rings. The first kappa shape index (κ1) is 25.7. The van der Waals surface area contributed by atoms with E-state index >= 15 is 4.39 Å². The van der Waals surface area contributed by atoms with Gasteiger partial charge in [-0.2, -0.15) is 43.9 Å². The van der Waals surface area contributed by atoms with Gasteiger partial charge in [0, 0.05) is 6.42 Å². The number of benzene rings is 1. The summed E-state index contributed by atoms with van der Waals surface area (Å²) in [6, 6.07) is 4.83. The molecule has 0 aromatic heterocycles. The SMILES string of the molecule is CC(C)Cc1ccccc1C(C)(O)CC1(F)C(F)(F)C(F)(F)C(F)(F)C(F)(F)C1(F)F. The van der Waals surface area contributed by atoms with Gasteiger partial charge in [0.25, 0.3) is 5.67 Å². The minimum atomic E-state index is -7.27. The van der Waals surface area contributed by atoms with Crippen molar-refractivity contribution >= 4 is 0 Å². The minimum Gasteiger partial charge on any atom is -0.385 e. The molecule has 0 bridgehead atoms. The van der Waals surface area contributed by atoms with Crippen molar-refractivity contribution in [2.24, 2.45) is 5.92 Å². The smallest absolute Gasteiger partial charge is 0.384 e. The summed E-state index contributed by atoms with van der Waals surface area (Å²) in [5, 5.41) is 10.5. The van der Waals surface area contributed by atoms with Crippen molar-refractivity contribution < 1.29 is 53.4 Å². The fourth-order valence-corrected chi connectivity index (χ4v) is 3.74. The Labute approximate surface area is 170 Å². The Balaban J connectivity index is 2.71. The molecule has 0 amide bonds. The van der Waals surface area contributed by atoms with Crippen molar-refractivity contribution in [3.05, 3.63) is 35.4 Å². The monoisotopic (exact) mass is 472 g/mol. The molecule has 1 atom stereocenters. The molecular formula is C19H19F11O. The van der Waals surface area contributed by atoms with E-state index in [1.54, 1.807) is 13.8 Å². The van der Waals surface area contributed by atoms with Crippen LogP contribution in [0.15, 0.2) is 24.3 Å². The Morgan fingerprint density at radius 1 is 0.742 bits per heavy atom. The van der Waals surface area contributed by atoms with Crippen LogP contribution in [0.4, 0.5) is 48.3 Å². The lowest BCUT2D eigenvalue weighted by molar-refractivity contribution is -0.488. The Kier molecular flexibility index (Phi) is 5.76. The molecule has 31 heavy (non-hydrogen) atoms. The second-order valence-corrected chi connectivity index (χ2v) is 8.38. The van der Waals surface area contributed by atoms with Crippen molar-refractivity contribution in [2.45, 2.75) is 74.5 Å². The summed E-state index contributed by atoms with van der Waals surface area (Å²) in [6.07, 6.45) is -2.63. The van der Waals surface area contributed by atoms with Crippen molar-refractivity contribution in [3.63, 3.8) is 0 Å². The van der Waals surface area contributed by atoms with E-state index in [2.05, 4.69) is 0 Å². The highest BCUT2D eigenvalue weighted by molar-refractivity contribution is 5.35. The van der Waals surface area contributed by atoms with Crippen LogP contribution in [0, 0.1) is 5.92 Å². The van der Waals surface area contributed by atoms with Crippen LogP contribution in [-0.2, 0) is 12.0 Å². The van der Waals surface area contributed by atoms with Gasteiger partial charge >= 0.3 is 29.6 Å². The third-order valence-corrected chi connectivity index (χ3v) is 5.39. The van der Waals surface area contributed by atoms with E-state index in [0.29, 0.717) is 6.92 Å². The maximum Gasteiger partial charge on any atom is 0.384 e. The van der Waals surface area contributed by atoms with Gasteiger partial charge in [-0.05, 0) is 30.4 Å². The molecular weight excluding hydrogens is 453 g/mol. The van der Waals surface area contributed by atoms with Crippen molar-refractivity contribution in [1.82, 2.24) is 0 Å². The lowest BCUT2D eigenvalue weighted by Gasteiger charge is -2.53. The number of alkyl halides is 11. The summed E-state index contributed by atoms with van der Waals surface area (Å²) >= 11 is 0. The highest BCUT2D eigenvalue weighted by Gasteiger charge is 3.01. The molecule has 1 saturated carbocycles. The lowest BCUT2D eigenvalue weighted by atomic mass is 9.67. The predicted octanol–water partition coefficient (Wildman–Crippen LogP) is 6.38. The van der Waals surface area contributed by atoms with Crippen LogP contribution in [-0.4, -0.2) is 40.4 Å². The highest BCUT2D eigenvalue weighted by atomic mass is 19.4. The van der Waals surface area contributed by atoms with Gasteiger partial charge in [0.2, 0.25) is 0 Å². The summed E-state index contributed by atoms with van der Waals surface area (Å²) in [6.45, 7) is 3.80. The number of rotatable bonds is 5. The molecule has 1 nitrogen and oxygen atoms in total. The van der Waals surface area contributed by atoms with E-state index in [0.717, 1.165) is 6.07 Å². The van der Waals surface area contributed by atoms with Crippen molar-refractivity contribution in [3.8, 4) is 0 Å². The normalized spacial score (nSPS) is 27.0. The van der Waals surface area contributed by atoms with Crippen LogP contribution in [0.25, 0.3) is 0 Å². The number of aliphatic hydroxyl groups is 1.